The maximum Gasteiger partial charge on any atom is 0.221 e. The van der Waals surface area contributed by atoms with Gasteiger partial charge in [-0.2, -0.15) is 0 Å². The molecule has 0 bridgehead atoms. The van der Waals surface area contributed by atoms with E-state index in [0.717, 1.165) is 11.8 Å². The lowest BCUT2D eigenvalue weighted by molar-refractivity contribution is -0.120. The van der Waals surface area contributed by atoms with Gasteiger partial charge in [0.2, 0.25) is 5.91 Å². The van der Waals surface area contributed by atoms with Crippen LogP contribution in [0.5, 0.6) is 0 Å². The molecule has 23 heavy (non-hydrogen) atoms. The summed E-state index contributed by atoms with van der Waals surface area (Å²) in [6, 6.07) is 8.33. The minimum Gasteiger partial charge on any atom is -0.356 e. The van der Waals surface area contributed by atoms with E-state index in [-0.39, 0.29) is 23.0 Å². The van der Waals surface area contributed by atoms with Crippen LogP contribution >= 0.6 is 0 Å². The SMILES string of the molecule is O=C(CCS(=O)(=O)c1ccccc1)NC[C@H]1CC[C@@H]2CCC[C@@H]21. The number of fused-ring (bicyclic) bond motifs is 1. The number of rotatable bonds is 6. The van der Waals surface area contributed by atoms with Crippen molar-refractivity contribution in [3.63, 3.8) is 0 Å². The van der Waals surface area contributed by atoms with Crippen molar-refractivity contribution in [2.75, 3.05) is 12.3 Å². The van der Waals surface area contributed by atoms with E-state index in [1.807, 2.05) is 0 Å². The molecule has 1 aromatic rings. The molecular weight excluding hydrogens is 310 g/mol. The van der Waals surface area contributed by atoms with E-state index in [0.29, 0.717) is 12.5 Å². The lowest BCUT2D eigenvalue weighted by Gasteiger charge is -2.18. The molecule has 2 aliphatic carbocycles. The molecular formula is C18H25NO3S. The molecule has 0 heterocycles. The highest BCUT2D eigenvalue weighted by atomic mass is 32.2. The van der Waals surface area contributed by atoms with E-state index in [4.69, 9.17) is 0 Å². The van der Waals surface area contributed by atoms with Crippen LogP contribution in [0.15, 0.2) is 35.2 Å². The Balaban J connectivity index is 1.45. The Kier molecular flexibility index (Phi) is 5.05. The molecule has 5 heteroatoms. The number of nitrogens with one attached hydrogen (secondary N) is 1. The van der Waals surface area contributed by atoms with Crippen molar-refractivity contribution in [1.29, 1.82) is 0 Å². The Labute approximate surface area is 138 Å². The minimum absolute atomic E-state index is 0.0397. The van der Waals surface area contributed by atoms with Crippen LogP contribution in [0.3, 0.4) is 0 Å². The first-order chi connectivity index (χ1) is 11.1. The maximum atomic E-state index is 12.2. The fraction of sp³-hybridized carbons (Fsp3) is 0.611. The molecule has 0 aromatic heterocycles. The first kappa shape index (κ1) is 16.5. The fourth-order valence-electron chi connectivity index (χ4n) is 4.25. The van der Waals surface area contributed by atoms with Crippen molar-refractivity contribution in [1.82, 2.24) is 5.32 Å². The smallest absolute Gasteiger partial charge is 0.221 e. The van der Waals surface area contributed by atoms with Gasteiger partial charge in [0, 0.05) is 13.0 Å². The van der Waals surface area contributed by atoms with Crippen molar-refractivity contribution in [3.05, 3.63) is 30.3 Å². The zero-order valence-electron chi connectivity index (χ0n) is 13.4. The van der Waals surface area contributed by atoms with Gasteiger partial charge in [0.05, 0.1) is 10.6 Å². The Morgan fingerprint density at radius 1 is 1.09 bits per heavy atom. The highest BCUT2D eigenvalue weighted by molar-refractivity contribution is 7.91. The first-order valence-electron chi connectivity index (χ1n) is 8.61. The average Bonchev–Trinajstić information content (AvgIpc) is 3.16. The number of carbonyl (C=O) groups excluding carboxylic acids is 1. The van der Waals surface area contributed by atoms with E-state index in [9.17, 15) is 13.2 Å². The van der Waals surface area contributed by atoms with Gasteiger partial charge in [-0.1, -0.05) is 31.0 Å². The van der Waals surface area contributed by atoms with Gasteiger partial charge in [0.25, 0.3) is 0 Å². The number of amides is 1. The van der Waals surface area contributed by atoms with Crippen molar-refractivity contribution in [2.45, 2.75) is 43.4 Å². The molecule has 3 atom stereocenters. The van der Waals surface area contributed by atoms with Crippen LogP contribution < -0.4 is 5.32 Å². The van der Waals surface area contributed by atoms with Crippen molar-refractivity contribution in [3.8, 4) is 0 Å². The summed E-state index contributed by atoms with van der Waals surface area (Å²) in [5, 5.41) is 2.96. The lowest BCUT2D eigenvalue weighted by Crippen LogP contribution is -2.32. The monoisotopic (exact) mass is 335 g/mol. The number of sulfone groups is 1. The van der Waals surface area contributed by atoms with Gasteiger partial charge < -0.3 is 5.32 Å². The van der Waals surface area contributed by atoms with Gasteiger partial charge in [-0.15, -0.1) is 0 Å². The molecule has 3 rings (SSSR count). The normalized spacial score (nSPS) is 26.9. The molecule has 0 radical (unpaired) electrons. The summed E-state index contributed by atoms with van der Waals surface area (Å²) in [5.41, 5.74) is 0. The molecule has 4 nitrogen and oxygen atoms in total. The van der Waals surface area contributed by atoms with Gasteiger partial charge in [0.1, 0.15) is 0 Å². The predicted octanol–water partition coefficient (Wildman–Crippen LogP) is 2.79. The quantitative estimate of drug-likeness (QED) is 0.869. The van der Waals surface area contributed by atoms with E-state index in [2.05, 4.69) is 5.32 Å². The molecule has 0 saturated heterocycles. The minimum atomic E-state index is -3.37. The van der Waals surface area contributed by atoms with E-state index < -0.39 is 9.84 Å². The van der Waals surface area contributed by atoms with E-state index in [1.165, 1.54) is 32.1 Å². The number of hydrogen-bond acceptors (Lipinski definition) is 3. The van der Waals surface area contributed by atoms with Crippen LogP contribution in [-0.2, 0) is 14.6 Å². The number of hydrogen-bond donors (Lipinski definition) is 1. The van der Waals surface area contributed by atoms with E-state index in [1.54, 1.807) is 30.3 Å². The fourth-order valence-corrected chi connectivity index (χ4v) is 5.51. The summed E-state index contributed by atoms with van der Waals surface area (Å²) in [4.78, 5) is 12.3. The summed E-state index contributed by atoms with van der Waals surface area (Å²) in [6.45, 7) is 0.714. The van der Waals surface area contributed by atoms with Crippen LogP contribution in [0, 0.1) is 17.8 Å². The Hall–Kier alpha value is -1.36. The van der Waals surface area contributed by atoms with Gasteiger partial charge in [-0.25, -0.2) is 8.42 Å². The van der Waals surface area contributed by atoms with Crippen molar-refractivity contribution in [2.24, 2.45) is 17.8 Å². The van der Waals surface area contributed by atoms with Crippen LogP contribution in [0.4, 0.5) is 0 Å². The summed E-state index contributed by atoms with van der Waals surface area (Å²) in [6.07, 6.45) is 6.52. The van der Waals surface area contributed by atoms with Crippen molar-refractivity contribution < 1.29 is 13.2 Å². The second-order valence-electron chi connectivity index (χ2n) is 6.88. The van der Waals surface area contributed by atoms with Crippen LogP contribution in [-0.4, -0.2) is 26.6 Å². The second-order valence-corrected chi connectivity index (χ2v) is 8.99. The Bertz CT molecular complexity index is 641. The summed E-state index contributed by atoms with van der Waals surface area (Å²) in [5.74, 6) is 1.97. The third-order valence-corrected chi connectivity index (χ3v) is 7.23. The molecule has 126 valence electrons. The summed E-state index contributed by atoms with van der Waals surface area (Å²) < 4.78 is 24.3. The summed E-state index contributed by atoms with van der Waals surface area (Å²) >= 11 is 0. The van der Waals surface area contributed by atoms with Gasteiger partial charge >= 0.3 is 0 Å². The third kappa shape index (κ3) is 3.94. The number of benzene rings is 1. The first-order valence-corrected chi connectivity index (χ1v) is 10.3. The van der Waals surface area contributed by atoms with Crippen LogP contribution in [0.1, 0.15) is 38.5 Å². The molecule has 2 aliphatic rings. The predicted molar refractivity (Wildman–Crippen MR) is 89.7 cm³/mol. The van der Waals surface area contributed by atoms with E-state index >= 15 is 0 Å². The third-order valence-electron chi connectivity index (χ3n) is 5.49. The second kappa shape index (κ2) is 7.04. The molecule has 2 saturated carbocycles. The molecule has 1 amide bonds. The molecule has 1 aromatic carbocycles. The molecule has 1 N–H and O–H groups in total. The van der Waals surface area contributed by atoms with Gasteiger partial charge in [-0.05, 0) is 49.1 Å². The highest BCUT2D eigenvalue weighted by Crippen LogP contribution is 2.47. The van der Waals surface area contributed by atoms with Gasteiger partial charge in [0.15, 0.2) is 9.84 Å². The lowest BCUT2D eigenvalue weighted by atomic mass is 9.92. The average molecular weight is 335 g/mol. The molecule has 0 aliphatic heterocycles. The largest absolute Gasteiger partial charge is 0.356 e. The maximum absolute atomic E-state index is 12.2. The van der Waals surface area contributed by atoms with Crippen molar-refractivity contribution >= 4 is 15.7 Å². The molecule has 0 unspecified atom stereocenters. The zero-order valence-corrected chi connectivity index (χ0v) is 14.2. The highest BCUT2D eigenvalue weighted by Gasteiger charge is 2.38. The number of carbonyl (C=O) groups is 1. The standard InChI is InChI=1S/C18H25NO3S/c20-18(11-12-23(21,22)16-6-2-1-3-7-16)19-13-15-10-9-14-5-4-8-17(14)15/h1-3,6-7,14-15,17H,4-5,8-13H2,(H,19,20)/t14-,15+,17-/m0/s1. The Morgan fingerprint density at radius 2 is 1.87 bits per heavy atom. The van der Waals surface area contributed by atoms with Gasteiger partial charge in [-0.3, -0.25) is 4.79 Å². The summed E-state index contributed by atoms with van der Waals surface area (Å²) in [7, 11) is -3.37. The van der Waals surface area contributed by atoms with Crippen LogP contribution in [0.2, 0.25) is 0 Å². The molecule has 0 spiro atoms. The molecule has 2 fully saturated rings. The topological polar surface area (TPSA) is 63.2 Å². The van der Waals surface area contributed by atoms with Crippen LogP contribution in [0.25, 0.3) is 0 Å². The zero-order chi connectivity index (χ0) is 16.3. The Morgan fingerprint density at radius 3 is 2.65 bits per heavy atom.